The Morgan fingerprint density at radius 2 is 1.59 bits per heavy atom. The number of amides is 1. The van der Waals surface area contributed by atoms with Crippen LogP contribution in [0.5, 0.6) is 17.2 Å². The van der Waals surface area contributed by atoms with E-state index in [-0.39, 0.29) is 18.0 Å². The Labute approximate surface area is 222 Å². The second-order valence-electron chi connectivity index (χ2n) is 7.81. The largest absolute Gasteiger partial charge is 0.490 e. The summed E-state index contributed by atoms with van der Waals surface area (Å²) in [6.07, 6.45) is 1.62. The van der Waals surface area contributed by atoms with Crippen LogP contribution in [0.4, 0.5) is 0 Å². The minimum atomic E-state index is -0.485. The monoisotopic (exact) mass is 532 g/mol. The number of hydrogen-bond donors (Lipinski definition) is 1. The summed E-state index contributed by atoms with van der Waals surface area (Å²) in [5.41, 5.74) is 0.884. The Hall–Kier alpha value is -4.08. The topological polar surface area (TPSA) is 96.6 Å². The molecule has 37 heavy (non-hydrogen) atoms. The van der Waals surface area contributed by atoms with Crippen molar-refractivity contribution in [3.63, 3.8) is 0 Å². The van der Waals surface area contributed by atoms with Crippen molar-refractivity contribution in [2.24, 2.45) is 10.1 Å². The third kappa shape index (κ3) is 6.02. The van der Waals surface area contributed by atoms with Crippen LogP contribution in [0, 0.1) is 5.41 Å². The molecule has 5 rings (SSSR count). The fourth-order valence-corrected chi connectivity index (χ4v) is 4.44. The van der Waals surface area contributed by atoms with Crippen LogP contribution in [-0.2, 0) is 4.79 Å². The summed E-state index contributed by atoms with van der Waals surface area (Å²) in [7, 11) is 0. The third-order valence-electron chi connectivity index (χ3n) is 5.24. The molecule has 0 bridgehead atoms. The second kappa shape index (κ2) is 11.3. The molecule has 10 heteroatoms. The highest BCUT2D eigenvalue weighted by molar-refractivity contribution is 8.27. The zero-order valence-electron chi connectivity index (χ0n) is 19.5. The molecule has 3 aromatic carbocycles. The lowest BCUT2D eigenvalue weighted by Gasteiger charge is -2.20. The predicted molar refractivity (Wildman–Crippen MR) is 146 cm³/mol. The first-order valence-corrected chi connectivity index (χ1v) is 12.5. The van der Waals surface area contributed by atoms with E-state index in [0.29, 0.717) is 45.7 Å². The van der Waals surface area contributed by atoms with Gasteiger partial charge in [-0.2, -0.15) is 15.1 Å². The van der Waals surface area contributed by atoms with Gasteiger partial charge in [-0.25, -0.2) is 0 Å². The van der Waals surface area contributed by atoms with Crippen LogP contribution < -0.4 is 14.2 Å². The van der Waals surface area contributed by atoms with Gasteiger partial charge in [0, 0.05) is 0 Å². The molecule has 2 aliphatic heterocycles. The highest BCUT2D eigenvalue weighted by atomic mass is 35.5. The number of carbonyl (C=O) groups is 1. The van der Waals surface area contributed by atoms with Crippen LogP contribution in [0.3, 0.4) is 0 Å². The van der Waals surface area contributed by atoms with Crippen LogP contribution in [-0.4, -0.2) is 46.8 Å². The summed E-state index contributed by atoms with van der Waals surface area (Å²) in [4.78, 5) is 16.8. The lowest BCUT2D eigenvalue weighted by Crippen LogP contribution is -2.35. The SMILES string of the molecule is N=C1/C(=C/c2ccc(OCCOc3ccccc3Cl)cc2)C(=O)N=C2SC(COc3ccccc3)=NN12. The third-order valence-corrected chi connectivity index (χ3v) is 6.43. The maximum atomic E-state index is 12.7. The Bertz CT molecular complexity index is 1410. The first-order valence-electron chi connectivity index (χ1n) is 11.3. The normalized spacial score (nSPS) is 15.8. The predicted octanol–water partition coefficient (Wildman–Crippen LogP) is 5.50. The fourth-order valence-electron chi connectivity index (χ4n) is 3.45. The molecule has 1 N–H and O–H groups in total. The number of aliphatic imine (C=N–C) groups is 1. The second-order valence-corrected chi connectivity index (χ2v) is 9.26. The molecule has 0 fully saturated rings. The molecule has 3 aromatic rings. The van der Waals surface area contributed by atoms with Crippen molar-refractivity contribution >= 4 is 51.4 Å². The van der Waals surface area contributed by atoms with Crippen LogP contribution in [0.1, 0.15) is 5.56 Å². The van der Waals surface area contributed by atoms with Crippen molar-refractivity contribution in [2.75, 3.05) is 19.8 Å². The molecule has 0 atom stereocenters. The van der Waals surface area contributed by atoms with Crippen molar-refractivity contribution in [1.82, 2.24) is 5.01 Å². The van der Waals surface area contributed by atoms with Crippen LogP contribution >= 0.6 is 23.4 Å². The van der Waals surface area contributed by atoms with E-state index in [1.54, 1.807) is 42.5 Å². The van der Waals surface area contributed by atoms with Crippen molar-refractivity contribution in [3.05, 3.63) is 95.0 Å². The van der Waals surface area contributed by atoms with Crippen LogP contribution in [0.2, 0.25) is 5.02 Å². The molecule has 1 amide bonds. The zero-order chi connectivity index (χ0) is 25.6. The number of fused-ring (bicyclic) bond motifs is 1. The number of halogens is 1. The summed E-state index contributed by atoms with van der Waals surface area (Å²) < 4.78 is 17.1. The van der Waals surface area contributed by atoms with Gasteiger partial charge in [0.2, 0.25) is 5.17 Å². The van der Waals surface area contributed by atoms with Gasteiger partial charge in [0.25, 0.3) is 5.91 Å². The Balaban J connectivity index is 1.18. The fraction of sp³-hybridized carbons (Fsp3) is 0.111. The lowest BCUT2D eigenvalue weighted by molar-refractivity contribution is -0.114. The molecule has 0 spiro atoms. The quantitative estimate of drug-likeness (QED) is 0.289. The summed E-state index contributed by atoms with van der Waals surface area (Å²) in [5, 5.41) is 15.8. The first kappa shape index (κ1) is 24.6. The molecule has 186 valence electrons. The number of nitrogens with one attached hydrogen (secondary N) is 1. The number of para-hydroxylation sites is 2. The van der Waals surface area contributed by atoms with Gasteiger partial charge in [0.1, 0.15) is 42.1 Å². The number of nitrogens with zero attached hydrogens (tertiary/aromatic N) is 3. The smallest absolute Gasteiger partial charge is 0.283 e. The number of amidine groups is 2. The molecular weight excluding hydrogens is 512 g/mol. The maximum absolute atomic E-state index is 12.7. The average molecular weight is 533 g/mol. The number of thioether (sulfide) groups is 1. The molecule has 0 radical (unpaired) electrons. The van der Waals surface area contributed by atoms with Gasteiger partial charge < -0.3 is 14.2 Å². The van der Waals surface area contributed by atoms with Crippen molar-refractivity contribution in [3.8, 4) is 17.2 Å². The van der Waals surface area contributed by atoms with E-state index in [2.05, 4.69) is 10.1 Å². The summed E-state index contributed by atoms with van der Waals surface area (Å²) in [6.45, 7) is 0.900. The van der Waals surface area contributed by atoms with Crippen molar-refractivity contribution < 1.29 is 19.0 Å². The molecule has 0 saturated heterocycles. The van der Waals surface area contributed by atoms with Crippen LogP contribution in [0.15, 0.2) is 94.5 Å². The summed E-state index contributed by atoms with van der Waals surface area (Å²) in [5.74, 6) is 1.45. The van der Waals surface area contributed by atoms with E-state index in [1.807, 2.05) is 42.5 Å². The van der Waals surface area contributed by atoms with E-state index in [9.17, 15) is 4.79 Å². The number of hydrogen-bond acceptors (Lipinski definition) is 7. The number of rotatable bonds is 9. The Morgan fingerprint density at radius 1 is 0.892 bits per heavy atom. The van der Waals surface area contributed by atoms with Crippen LogP contribution in [0.25, 0.3) is 6.08 Å². The van der Waals surface area contributed by atoms with Gasteiger partial charge in [0.05, 0.1) is 10.6 Å². The van der Waals surface area contributed by atoms with Gasteiger partial charge in [-0.1, -0.05) is 54.1 Å². The summed E-state index contributed by atoms with van der Waals surface area (Å²) >= 11 is 7.30. The maximum Gasteiger partial charge on any atom is 0.283 e. The standard InChI is InChI=1S/C27H21ClN4O4S/c28-22-8-4-5-9-23(22)35-15-14-34-20-12-10-18(11-13-20)16-21-25(29)32-27(30-26(21)33)37-24(31-32)17-36-19-6-2-1-3-7-19/h1-13,16,29H,14-15,17H2/b21-16-,29-25?. The average Bonchev–Trinajstić information content (AvgIpc) is 3.33. The van der Waals surface area contributed by atoms with E-state index in [4.69, 9.17) is 31.2 Å². The van der Waals surface area contributed by atoms with E-state index < -0.39 is 5.91 Å². The van der Waals surface area contributed by atoms with Gasteiger partial charge in [-0.3, -0.25) is 10.2 Å². The molecular formula is C27H21ClN4O4S. The molecule has 0 aliphatic carbocycles. The molecule has 8 nitrogen and oxygen atoms in total. The number of ether oxygens (including phenoxy) is 3. The molecule has 0 unspecified atom stereocenters. The Morgan fingerprint density at radius 3 is 2.38 bits per heavy atom. The number of benzene rings is 3. The van der Waals surface area contributed by atoms with E-state index in [0.717, 1.165) is 5.56 Å². The highest BCUT2D eigenvalue weighted by Gasteiger charge is 2.35. The van der Waals surface area contributed by atoms with Gasteiger partial charge >= 0.3 is 0 Å². The highest BCUT2D eigenvalue weighted by Crippen LogP contribution is 2.29. The number of hydrazone groups is 1. The van der Waals surface area contributed by atoms with Gasteiger partial charge in [-0.15, -0.1) is 0 Å². The first-order chi connectivity index (χ1) is 18.1. The number of carbonyl (C=O) groups excluding carboxylic acids is 1. The Kier molecular flexibility index (Phi) is 7.53. The minimum absolute atomic E-state index is 0.0331. The van der Waals surface area contributed by atoms with E-state index >= 15 is 0 Å². The summed E-state index contributed by atoms with van der Waals surface area (Å²) in [6, 6.07) is 23.8. The van der Waals surface area contributed by atoms with E-state index in [1.165, 1.54) is 16.8 Å². The van der Waals surface area contributed by atoms with Crippen molar-refractivity contribution in [1.29, 1.82) is 5.41 Å². The van der Waals surface area contributed by atoms with Crippen molar-refractivity contribution in [2.45, 2.75) is 0 Å². The minimum Gasteiger partial charge on any atom is -0.490 e. The lowest BCUT2D eigenvalue weighted by atomic mass is 10.1. The molecule has 0 saturated carbocycles. The molecule has 0 aromatic heterocycles. The van der Waals surface area contributed by atoms with Gasteiger partial charge in [-0.05, 0) is 59.8 Å². The molecule has 2 aliphatic rings. The van der Waals surface area contributed by atoms with Gasteiger partial charge in [0.15, 0.2) is 5.84 Å². The zero-order valence-corrected chi connectivity index (χ0v) is 21.0. The molecule has 2 heterocycles.